The third kappa shape index (κ3) is 12.0. The van der Waals surface area contributed by atoms with Crippen LogP contribution in [0.2, 0.25) is 0 Å². The molecule has 12 heteroatoms. The van der Waals surface area contributed by atoms with E-state index in [1.165, 1.54) is 25.7 Å². The molecule has 1 fully saturated rings. The summed E-state index contributed by atoms with van der Waals surface area (Å²) in [5.74, 6) is -1.91. The van der Waals surface area contributed by atoms with Crippen LogP contribution in [0.25, 0.3) is 0 Å². The van der Waals surface area contributed by atoms with Crippen molar-refractivity contribution >= 4 is 7.82 Å². The lowest BCUT2D eigenvalue weighted by molar-refractivity contribution is -0.351. The van der Waals surface area contributed by atoms with Crippen molar-refractivity contribution in [2.45, 2.75) is 94.9 Å². The second-order valence-electron chi connectivity index (χ2n) is 7.45. The van der Waals surface area contributed by atoms with Gasteiger partial charge in [-0.3, -0.25) is 4.52 Å². The van der Waals surface area contributed by atoms with Gasteiger partial charge in [0.2, 0.25) is 0 Å². The second-order valence-corrected chi connectivity index (χ2v) is 8.69. The highest BCUT2D eigenvalue weighted by Crippen LogP contribution is 2.35. The predicted octanol–water partition coefficient (Wildman–Crippen LogP) is -0.266. The molecule has 30 heavy (non-hydrogen) atoms. The molecule has 0 bridgehead atoms. The molecule has 1 heterocycles. The number of nitrogens with two attached hydrogens (primary N) is 1. The molecule has 0 spiro atoms. The first kappa shape index (κ1) is 29.8. The van der Waals surface area contributed by atoms with Gasteiger partial charge in [-0.1, -0.05) is 51.9 Å². The summed E-state index contributed by atoms with van der Waals surface area (Å²) in [4.78, 5) is 16.0. The number of hydrogen-bond acceptors (Lipinski definition) is 9. The normalized spacial score (nSPS) is 29.4. The van der Waals surface area contributed by atoms with Gasteiger partial charge in [0.25, 0.3) is 0 Å². The van der Waals surface area contributed by atoms with Crippen LogP contribution in [0.4, 0.5) is 0 Å². The van der Waals surface area contributed by atoms with Gasteiger partial charge in [0.15, 0.2) is 5.79 Å². The largest absolute Gasteiger partial charge is 0.469 e. The van der Waals surface area contributed by atoms with Crippen molar-refractivity contribution in [3.05, 3.63) is 0 Å². The summed E-state index contributed by atoms with van der Waals surface area (Å²) in [5, 5.41) is 48.8. The van der Waals surface area contributed by atoms with Gasteiger partial charge in [-0.05, 0) is 6.42 Å². The molecule has 0 aromatic carbocycles. The number of aliphatic hydroxyl groups is 5. The fourth-order valence-electron chi connectivity index (χ4n) is 3.11. The average Bonchev–Trinajstić information content (AvgIpc) is 2.70. The molecule has 1 saturated heterocycles. The molecule has 182 valence electrons. The van der Waals surface area contributed by atoms with Gasteiger partial charge in [-0.25, -0.2) is 4.57 Å². The second kappa shape index (κ2) is 15.6. The smallest absolute Gasteiger partial charge is 0.394 e. The molecule has 11 nitrogen and oxygen atoms in total. The van der Waals surface area contributed by atoms with Crippen LogP contribution in [-0.2, 0) is 13.8 Å². The van der Waals surface area contributed by atoms with Gasteiger partial charge in [0, 0.05) is 13.0 Å². The zero-order chi connectivity index (χ0) is 23.2. The lowest BCUT2D eigenvalue weighted by Crippen LogP contribution is -2.65. The third-order valence-corrected chi connectivity index (χ3v) is 5.34. The summed E-state index contributed by atoms with van der Waals surface area (Å²) in [7, 11) is -4.26. The van der Waals surface area contributed by atoms with Gasteiger partial charge < -0.3 is 45.8 Å². The molecule has 5 atom stereocenters. The SMILES string of the molecule is CCCCCCCCCC[C@@]1(O)O[C@H](CO)[C@H](O)[C@H](O)[C@H]1O.NCCOP(=O)(O)O. The summed E-state index contributed by atoms with van der Waals surface area (Å²) in [6.07, 6.45) is 3.33. The predicted molar refractivity (Wildman–Crippen MR) is 109 cm³/mol. The minimum absolute atomic E-state index is 0.107. The molecule has 0 radical (unpaired) electrons. The standard InChI is InChI=1S/C16H32O6.C2H8NO4P/c1-2-3-4-5-6-7-8-9-10-16(21)15(20)14(19)13(18)12(11-17)22-16;3-1-2-7-8(4,5)6/h12-15,17-21H,2-11H2,1H3;1-3H2,(H2,4,5,6)/t12-,13+,14+,15-,16-;/m1./s1. The number of hydrogen-bond donors (Lipinski definition) is 8. The molecule has 0 aromatic rings. The molecule has 0 amide bonds. The lowest BCUT2D eigenvalue weighted by Gasteiger charge is -2.45. The van der Waals surface area contributed by atoms with Gasteiger partial charge >= 0.3 is 7.82 Å². The molecule has 1 aliphatic heterocycles. The van der Waals surface area contributed by atoms with Crippen molar-refractivity contribution in [3.8, 4) is 0 Å². The fourth-order valence-corrected chi connectivity index (χ4v) is 3.45. The first-order valence-corrected chi connectivity index (χ1v) is 12.0. The first-order chi connectivity index (χ1) is 14.0. The minimum Gasteiger partial charge on any atom is -0.394 e. The number of phosphoric acid groups is 1. The Morgan fingerprint density at radius 2 is 1.53 bits per heavy atom. The summed E-state index contributed by atoms with van der Waals surface area (Å²) >= 11 is 0. The van der Waals surface area contributed by atoms with Crippen LogP contribution in [0.1, 0.15) is 64.7 Å². The van der Waals surface area contributed by atoms with Crippen LogP contribution >= 0.6 is 7.82 Å². The molecular weight excluding hydrogens is 421 g/mol. The van der Waals surface area contributed by atoms with E-state index in [-0.39, 0.29) is 19.6 Å². The van der Waals surface area contributed by atoms with Crippen LogP contribution in [0, 0.1) is 0 Å². The Labute approximate surface area is 178 Å². The maximum Gasteiger partial charge on any atom is 0.469 e. The van der Waals surface area contributed by atoms with Crippen molar-refractivity contribution < 1.29 is 49.1 Å². The highest BCUT2D eigenvalue weighted by molar-refractivity contribution is 7.46. The minimum atomic E-state index is -4.26. The summed E-state index contributed by atoms with van der Waals surface area (Å²) in [6, 6.07) is 0. The highest BCUT2D eigenvalue weighted by atomic mass is 31.2. The van der Waals surface area contributed by atoms with E-state index in [1.54, 1.807) is 0 Å². The van der Waals surface area contributed by atoms with E-state index >= 15 is 0 Å². The van der Waals surface area contributed by atoms with Crippen molar-refractivity contribution in [2.75, 3.05) is 19.8 Å². The topological polar surface area (TPSA) is 203 Å². The number of rotatable bonds is 13. The van der Waals surface area contributed by atoms with E-state index in [4.69, 9.17) is 25.4 Å². The Morgan fingerprint density at radius 1 is 1.00 bits per heavy atom. The first-order valence-electron chi connectivity index (χ1n) is 10.5. The maximum absolute atomic E-state index is 10.3. The van der Waals surface area contributed by atoms with E-state index in [9.17, 15) is 25.0 Å². The van der Waals surface area contributed by atoms with Crippen LogP contribution in [0.15, 0.2) is 0 Å². The van der Waals surface area contributed by atoms with Crippen molar-refractivity contribution in [2.24, 2.45) is 5.73 Å². The van der Waals surface area contributed by atoms with Crippen LogP contribution in [-0.4, -0.2) is 85.3 Å². The van der Waals surface area contributed by atoms with Crippen LogP contribution in [0.3, 0.4) is 0 Å². The number of ether oxygens (including phenoxy) is 1. The van der Waals surface area contributed by atoms with E-state index < -0.39 is 44.6 Å². The van der Waals surface area contributed by atoms with Gasteiger partial charge in [-0.2, -0.15) is 0 Å². The zero-order valence-corrected chi connectivity index (χ0v) is 18.6. The van der Waals surface area contributed by atoms with Crippen LogP contribution in [0.5, 0.6) is 0 Å². The van der Waals surface area contributed by atoms with Gasteiger partial charge in [-0.15, -0.1) is 0 Å². The molecular formula is C18H40NO10P. The summed E-state index contributed by atoms with van der Waals surface area (Å²) < 4.78 is 19.0. The summed E-state index contributed by atoms with van der Waals surface area (Å²) in [6.45, 7) is 1.67. The van der Waals surface area contributed by atoms with Crippen molar-refractivity contribution in [1.82, 2.24) is 0 Å². The Bertz CT molecular complexity index is 478. The van der Waals surface area contributed by atoms with Crippen LogP contribution < -0.4 is 5.73 Å². The average molecular weight is 461 g/mol. The van der Waals surface area contributed by atoms with Crippen molar-refractivity contribution in [1.29, 1.82) is 0 Å². The monoisotopic (exact) mass is 461 g/mol. The van der Waals surface area contributed by atoms with Crippen molar-refractivity contribution in [3.63, 3.8) is 0 Å². The third-order valence-electron chi connectivity index (χ3n) is 4.82. The zero-order valence-electron chi connectivity index (χ0n) is 17.7. The quantitative estimate of drug-likeness (QED) is 0.132. The molecule has 9 N–H and O–H groups in total. The summed E-state index contributed by atoms with van der Waals surface area (Å²) in [5.41, 5.74) is 4.87. The lowest BCUT2D eigenvalue weighted by atomic mass is 9.89. The Hall–Kier alpha value is -0.170. The van der Waals surface area contributed by atoms with E-state index in [1.807, 2.05) is 0 Å². The molecule has 1 aliphatic rings. The number of phosphoric ester groups is 1. The highest BCUT2D eigenvalue weighted by Gasteiger charge is 2.51. The van der Waals surface area contributed by atoms with Gasteiger partial charge in [0.05, 0.1) is 13.2 Å². The number of unbranched alkanes of at least 4 members (excludes halogenated alkanes) is 7. The van der Waals surface area contributed by atoms with E-state index in [0.29, 0.717) is 6.42 Å². The molecule has 0 saturated carbocycles. The molecule has 0 unspecified atom stereocenters. The van der Waals surface area contributed by atoms with Gasteiger partial charge in [0.1, 0.15) is 24.4 Å². The Morgan fingerprint density at radius 3 is 1.97 bits per heavy atom. The van der Waals surface area contributed by atoms with E-state index in [2.05, 4.69) is 11.4 Å². The molecule has 0 aromatic heterocycles. The Balaban J connectivity index is 0.000000890. The fraction of sp³-hybridized carbons (Fsp3) is 1.00. The molecule has 1 rings (SSSR count). The molecule has 0 aliphatic carbocycles. The number of aliphatic hydroxyl groups excluding tert-OH is 4. The van der Waals surface area contributed by atoms with E-state index in [0.717, 1.165) is 19.3 Å². The Kier molecular flexibility index (Phi) is 15.5. The maximum atomic E-state index is 10.3.